The van der Waals surface area contributed by atoms with Crippen molar-refractivity contribution in [3.8, 4) is 0 Å². The minimum absolute atomic E-state index is 0.730. The van der Waals surface area contributed by atoms with Gasteiger partial charge in [0.2, 0.25) is 0 Å². The fraction of sp³-hybridized carbons (Fsp3) is 0.714. The fourth-order valence-corrected chi connectivity index (χ4v) is 1.44. The zero-order valence-corrected chi connectivity index (χ0v) is 17.0. The van der Waals surface area contributed by atoms with Gasteiger partial charge in [-0.3, -0.25) is 10.1 Å². The molecule has 2 unspecified atom stereocenters. The predicted molar refractivity (Wildman–Crippen MR) is 92.5 cm³/mol. The van der Waals surface area contributed by atoms with E-state index < -0.39 is 45.4 Å². The van der Waals surface area contributed by atoms with Gasteiger partial charge in [0.15, 0.2) is 6.10 Å². The number of hydrogen-bond donors (Lipinski definition) is 1. The molecule has 25 heavy (non-hydrogen) atoms. The van der Waals surface area contributed by atoms with Crippen molar-refractivity contribution < 1.29 is 28.7 Å². The van der Waals surface area contributed by atoms with Crippen LogP contribution in [0.25, 0.3) is 0 Å². The molecular weight excluding hydrogens is 399 g/mol. The van der Waals surface area contributed by atoms with Crippen LogP contribution in [0.2, 0.25) is 0 Å². The molecule has 0 aromatic rings. The number of ether oxygens (including phenoxy) is 2. The predicted octanol–water partition coefficient (Wildman–Crippen LogP) is 2.19. The molecule has 11 heteroatoms. The summed E-state index contributed by atoms with van der Waals surface area (Å²) in [5.74, 6) is -2.78. The van der Waals surface area contributed by atoms with E-state index in [1.54, 1.807) is 20.8 Å². The van der Waals surface area contributed by atoms with Crippen molar-refractivity contribution in [1.82, 2.24) is 10.2 Å². The molecule has 0 saturated carbocycles. The Morgan fingerprint density at radius 3 is 1.88 bits per heavy atom. The SMILES string of the molecule is CC(OC(=O)C(C)N(C)C(=O)NC(=O)C(Cl)(Cl)Cl)C(=O)OC(C)(C)C. The van der Waals surface area contributed by atoms with Crippen LogP contribution in [0.1, 0.15) is 34.6 Å². The van der Waals surface area contributed by atoms with Crippen molar-refractivity contribution in [2.45, 2.75) is 56.2 Å². The van der Waals surface area contributed by atoms with Gasteiger partial charge < -0.3 is 14.4 Å². The first-order valence-corrected chi connectivity index (χ1v) is 8.28. The Kier molecular flexibility index (Phi) is 8.47. The molecule has 0 rings (SSSR count). The summed E-state index contributed by atoms with van der Waals surface area (Å²) in [6.07, 6.45) is -1.17. The number of hydrogen-bond acceptors (Lipinski definition) is 6. The number of imide groups is 1. The molecule has 3 amide bonds. The van der Waals surface area contributed by atoms with Crippen LogP contribution in [0.15, 0.2) is 0 Å². The molecule has 0 saturated heterocycles. The van der Waals surface area contributed by atoms with Gasteiger partial charge in [-0.05, 0) is 34.6 Å². The minimum Gasteiger partial charge on any atom is -0.457 e. The van der Waals surface area contributed by atoms with E-state index in [1.807, 2.05) is 5.32 Å². The van der Waals surface area contributed by atoms with E-state index in [0.29, 0.717) is 0 Å². The highest BCUT2D eigenvalue weighted by atomic mass is 35.6. The third-order valence-electron chi connectivity index (χ3n) is 2.75. The van der Waals surface area contributed by atoms with Crippen molar-refractivity contribution in [1.29, 1.82) is 0 Å². The van der Waals surface area contributed by atoms with Crippen molar-refractivity contribution >= 4 is 58.7 Å². The number of nitrogens with one attached hydrogen (secondary N) is 1. The van der Waals surface area contributed by atoms with Gasteiger partial charge in [-0.25, -0.2) is 14.4 Å². The molecule has 0 aromatic heterocycles. The Morgan fingerprint density at radius 1 is 1.00 bits per heavy atom. The molecule has 144 valence electrons. The molecule has 2 atom stereocenters. The number of amides is 3. The number of rotatable bonds is 4. The highest BCUT2D eigenvalue weighted by Crippen LogP contribution is 2.25. The zero-order valence-electron chi connectivity index (χ0n) is 14.7. The van der Waals surface area contributed by atoms with Crippen LogP contribution < -0.4 is 5.32 Å². The van der Waals surface area contributed by atoms with Crippen molar-refractivity contribution in [2.24, 2.45) is 0 Å². The average Bonchev–Trinajstić information content (AvgIpc) is 2.42. The molecule has 0 aromatic carbocycles. The summed E-state index contributed by atoms with van der Waals surface area (Å²) >= 11 is 16.0. The lowest BCUT2D eigenvalue weighted by atomic mass is 10.2. The van der Waals surface area contributed by atoms with E-state index in [1.165, 1.54) is 20.9 Å². The molecular formula is C14H21Cl3N2O6. The Balaban J connectivity index is 4.74. The van der Waals surface area contributed by atoms with Gasteiger partial charge in [0, 0.05) is 7.05 Å². The normalized spacial score (nSPS) is 14.1. The smallest absolute Gasteiger partial charge is 0.347 e. The van der Waals surface area contributed by atoms with Crippen LogP contribution in [0, 0.1) is 0 Å². The molecule has 0 aliphatic rings. The van der Waals surface area contributed by atoms with Gasteiger partial charge >= 0.3 is 18.0 Å². The van der Waals surface area contributed by atoms with Crippen molar-refractivity contribution in [2.75, 3.05) is 7.05 Å². The van der Waals surface area contributed by atoms with E-state index >= 15 is 0 Å². The zero-order chi connectivity index (χ0) is 20.2. The first-order valence-electron chi connectivity index (χ1n) is 7.14. The topological polar surface area (TPSA) is 102 Å². The number of nitrogens with zero attached hydrogens (tertiary/aromatic N) is 1. The van der Waals surface area contributed by atoms with E-state index in [9.17, 15) is 19.2 Å². The Morgan fingerprint density at radius 2 is 1.48 bits per heavy atom. The molecule has 0 aliphatic carbocycles. The molecule has 0 bridgehead atoms. The van der Waals surface area contributed by atoms with Gasteiger partial charge in [0.05, 0.1) is 0 Å². The second-order valence-electron chi connectivity index (χ2n) is 6.16. The van der Waals surface area contributed by atoms with Crippen LogP contribution in [-0.2, 0) is 23.9 Å². The first kappa shape index (κ1) is 23.8. The molecule has 0 spiro atoms. The monoisotopic (exact) mass is 418 g/mol. The largest absolute Gasteiger partial charge is 0.457 e. The number of esters is 2. The Hall–Kier alpha value is -1.25. The lowest BCUT2D eigenvalue weighted by Crippen LogP contribution is -2.51. The number of urea groups is 1. The van der Waals surface area contributed by atoms with Crippen molar-refractivity contribution in [3.63, 3.8) is 0 Å². The molecule has 0 heterocycles. The third-order valence-corrected chi connectivity index (χ3v) is 3.27. The number of halogens is 3. The van der Waals surface area contributed by atoms with Crippen LogP contribution in [-0.4, -0.2) is 57.4 Å². The van der Waals surface area contributed by atoms with Crippen molar-refractivity contribution in [3.05, 3.63) is 0 Å². The summed E-state index contributed by atoms with van der Waals surface area (Å²) in [4.78, 5) is 48.0. The summed E-state index contributed by atoms with van der Waals surface area (Å²) in [5, 5.41) is 1.82. The lowest BCUT2D eigenvalue weighted by Gasteiger charge is -2.26. The van der Waals surface area contributed by atoms with E-state index in [-0.39, 0.29) is 0 Å². The van der Waals surface area contributed by atoms with Crippen LogP contribution >= 0.6 is 34.8 Å². The van der Waals surface area contributed by atoms with Gasteiger partial charge in [0.1, 0.15) is 11.6 Å². The maximum absolute atomic E-state index is 12.0. The van der Waals surface area contributed by atoms with Gasteiger partial charge in [-0.1, -0.05) is 34.8 Å². The highest BCUT2D eigenvalue weighted by Gasteiger charge is 2.35. The second-order valence-corrected chi connectivity index (χ2v) is 8.44. The quantitative estimate of drug-likeness (QED) is 0.553. The maximum atomic E-state index is 12.0. The number of carbonyl (C=O) groups is 4. The van der Waals surface area contributed by atoms with Gasteiger partial charge in [-0.2, -0.15) is 0 Å². The summed E-state index contributed by atoms with van der Waals surface area (Å²) in [6, 6.07) is -2.10. The number of carbonyl (C=O) groups excluding carboxylic acids is 4. The Labute approximate surface area is 161 Å². The van der Waals surface area contributed by atoms with Crippen LogP contribution in [0.4, 0.5) is 4.79 Å². The van der Waals surface area contributed by atoms with E-state index in [2.05, 4.69) is 0 Å². The van der Waals surface area contributed by atoms with Crippen LogP contribution in [0.3, 0.4) is 0 Å². The maximum Gasteiger partial charge on any atom is 0.347 e. The van der Waals surface area contributed by atoms with Gasteiger partial charge in [-0.15, -0.1) is 0 Å². The van der Waals surface area contributed by atoms with E-state index in [4.69, 9.17) is 44.3 Å². The molecule has 0 aliphatic heterocycles. The lowest BCUT2D eigenvalue weighted by molar-refractivity contribution is -0.176. The average molecular weight is 420 g/mol. The summed E-state index contributed by atoms with van der Waals surface area (Å²) < 4.78 is 7.72. The summed E-state index contributed by atoms with van der Waals surface area (Å²) in [7, 11) is 1.23. The third kappa shape index (κ3) is 8.60. The standard InChI is InChI=1S/C14H21Cl3N2O6/c1-7(19(6)12(23)18-11(22)14(15,16)17)9(20)24-8(2)10(21)25-13(3,4)5/h7-8H,1-6H3,(H,18,22,23). The summed E-state index contributed by atoms with van der Waals surface area (Å²) in [5.41, 5.74) is -0.739. The summed E-state index contributed by atoms with van der Waals surface area (Å²) in [6.45, 7) is 7.68. The van der Waals surface area contributed by atoms with E-state index in [0.717, 1.165) is 4.90 Å². The Bertz CT molecular complexity index is 542. The van der Waals surface area contributed by atoms with Crippen LogP contribution in [0.5, 0.6) is 0 Å². The highest BCUT2D eigenvalue weighted by molar-refractivity contribution is 6.76. The van der Waals surface area contributed by atoms with Gasteiger partial charge in [0.25, 0.3) is 9.70 Å². The molecule has 8 nitrogen and oxygen atoms in total. The fourth-order valence-electron chi connectivity index (χ4n) is 1.30. The molecule has 0 radical (unpaired) electrons. The molecule has 0 fully saturated rings. The first-order chi connectivity index (χ1) is 11.1. The minimum atomic E-state index is -2.33. The number of likely N-dealkylation sites (N-methyl/N-ethyl adjacent to an activating group) is 1. The molecule has 1 N–H and O–H groups in total. The second kappa shape index (κ2) is 8.91. The number of alkyl halides is 3.